The number of carbonyl (C=O) groups is 1. The summed E-state index contributed by atoms with van der Waals surface area (Å²) >= 11 is 5.82. The van der Waals surface area contributed by atoms with Gasteiger partial charge in [-0.3, -0.25) is 4.68 Å². The predicted octanol–water partition coefficient (Wildman–Crippen LogP) is 3.48. The molecule has 2 aromatic rings. The van der Waals surface area contributed by atoms with Crippen LogP contribution in [0.5, 0.6) is 0 Å². The average molecular weight is 265 g/mol. The molecule has 0 spiro atoms. The summed E-state index contributed by atoms with van der Waals surface area (Å²) in [7, 11) is 0. The molecule has 0 unspecified atom stereocenters. The second kappa shape index (κ2) is 4.82. The minimum Gasteiger partial charge on any atom is -0.478 e. The van der Waals surface area contributed by atoms with Crippen LogP contribution in [0.1, 0.15) is 30.2 Å². The van der Waals surface area contributed by atoms with Gasteiger partial charge in [0.05, 0.1) is 0 Å². The molecule has 94 valence electrons. The molecule has 0 bridgehead atoms. The van der Waals surface area contributed by atoms with E-state index in [0.717, 1.165) is 5.56 Å². The molecule has 1 heterocycles. The van der Waals surface area contributed by atoms with E-state index in [1.54, 1.807) is 35.1 Å². The Hall–Kier alpha value is -1.81. The maximum Gasteiger partial charge on any atom is 0.339 e. The quantitative estimate of drug-likeness (QED) is 0.923. The van der Waals surface area contributed by atoms with Crippen LogP contribution in [-0.2, 0) is 0 Å². The Morgan fingerprint density at radius 3 is 2.44 bits per heavy atom. The molecule has 1 N–H and O–H groups in total. The van der Waals surface area contributed by atoms with E-state index in [-0.39, 0.29) is 11.6 Å². The summed E-state index contributed by atoms with van der Waals surface area (Å²) in [5.41, 5.74) is 1.41. The van der Waals surface area contributed by atoms with Gasteiger partial charge in [0.2, 0.25) is 0 Å². The summed E-state index contributed by atoms with van der Waals surface area (Å²) in [6.45, 7) is 3.90. The van der Waals surface area contributed by atoms with E-state index in [1.807, 2.05) is 13.8 Å². The van der Waals surface area contributed by atoms with Crippen LogP contribution >= 0.6 is 11.6 Å². The van der Waals surface area contributed by atoms with Gasteiger partial charge in [-0.2, -0.15) is 5.10 Å². The molecule has 0 atom stereocenters. The fraction of sp³-hybridized carbons (Fsp3) is 0.231. The smallest absolute Gasteiger partial charge is 0.339 e. The monoisotopic (exact) mass is 264 g/mol. The van der Waals surface area contributed by atoms with Gasteiger partial charge in [-0.25, -0.2) is 4.79 Å². The summed E-state index contributed by atoms with van der Waals surface area (Å²) in [6.07, 6.45) is 1.55. The summed E-state index contributed by atoms with van der Waals surface area (Å²) in [5.74, 6) is -0.980. The predicted molar refractivity (Wildman–Crippen MR) is 70.0 cm³/mol. The molecule has 0 radical (unpaired) electrons. The lowest BCUT2D eigenvalue weighted by Gasteiger charge is -2.03. The number of rotatable bonds is 3. The molecule has 18 heavy (non-hydrogen) atoms. The molecule has 0 fully saturated rings. The largest absolute Gasteiger partial charge is 0.478 e. The van der Waals surface area contributed by atoms with E-state index in [4.69, 9.17) is 11.6 Å². The van der Waals surface area contributed by atoms with E-state index in [0.29, 0.717) is 10.7 Å². The molecule has 1 aromatic carbocycles. The normalized spacial score (nSPS) is 10.9. The standard InChI is InChI=1S/C13H13ClN2O2/c1-8(2)16-7-11(13(17)18)12(15-16)9-3-5-10(14)6-4-9/h3-8H,1-2H3,(H,17,18). The molecule has 0 saturated heterocycles. The van der Waals surface area contributed by atoms with Crippen molar-refractivity contribution >= 4 is 17.6 Å². The van der Waals surface area contributed by atoms with Gasteiger partial charge in [0, 0.05) is 22.8 Å². The van der Waals surface area contributed by atoms with Gasteiger partial charge < -0.3 is 5.11 Å². The number of carboxylic acid groups (broad SMARTS) is 1. The van der Waals surface area contributed by atoms with Gasteiger partial charge in [-0.15, -0.1) is 0 Å². The SMILES string of the molecule is CC(C)n1cc(C(=O)O)c(-c2ccc(Cl)cc2)n1. The summed E-state index contributed by atoms with van der Waals surface area (Å²) in [6, 6.07) is 7.08. The van der Waals surface area contributed by atoms with Crippen LogP contribution in [0.15, 0.2) is 30.5 Å². The second-order valence-corrected chi connectivity index (χ2v) is 4.71. The van der Waals surface area contributed by atoms with Gasteiger partial charge >= 0.3 is 5.97 Å². The van der Waals surface area contributed by atoms with Crippen LogP contribution in [0.25, 0.3) is 11.3 Å². The molecule has 0 aliphatic heterocycles. The van der Waals surface area contributed by atoms with Crippen LogP contribution in [0.3, 0.4) is 0 Å². The molecular weight excluding hydrogens is 252 g/mol. The Morgan fingerprint density at radius 1 is 1.33 bits per heavy atom. The maximum absolute atomic E-state index is 11.2. The lowest BCUT2D eigenvalue weighted by Crippen LogP contribution is -2.00. The number of hydrogen-bond donors (Lipinski definition) is 1. The minimum absolute atomic E-state index is 0.115. The van der Waals surface area contributed by atoms with Crippen molar-refractivity contribution in [2.24, 2.45) is 0 Å². The Morgan fingerprint density at radius 2 is 1.94 bits per heavy atom. The molecule has 1 aromatic heterocycles. The minimum atomic E-state index is -0.980. The van der Waals surface area contributed by atoms with Crippen molar-refractivity contribution in [2.75, 3.05) is 0 Å². The number of benzene rings is 1. The highest BCUT2D eigenvalue weighted by atomic mass is 35.5. The van der Waals surface area contributed by atoms with Crippen molar-refractivity contribution in [2.45, 2.75) is 19.9 Å². The molecule has 0 aliphatic rings. The number of carboxylic acids is 1. The topological polar surface area (TPSA) is 55.1 Å². The lowest BCUT2D eigenvalue weighted by molar-refractivity contribution is 0.0697. The molecule has 5 heteroatoms. The third-order valence-electron chi connectivity index (χ3n) is 2.61. The van der Waals surface area contributed by atoms with Crippen molar-refractivity contribution in [3.63, 3.8) is 0 Å². The van der Waals surface area contributed by atoms with Crippen LogP contribution < -0.4 is 0 Å². The Balaban J connectivity index is 2.55. The van der Waals surface area contributed by atoms with E-state index in [1.165, 1.54) is 0 Å². The summed E-state index contributed by atoms with van der Waals surface area (Å²) < 4.78 is 1.65. The molecular formula is C13H13ClN2O2. The highest BCUT2D eigenvalue weighted by Gasteiger charge is 2.17. The highest BCUT2D eigenvalue weighted by molar-refractivity contribution is 6.30. The fourth-order valence-corrected chi connectivity index (χ4v) is 1.76. The van der Waals surface area contributed by atoms with E-state index in [2.05, 4.69) is 5.10 Å². The Kier molecular flexibility index (Phi) is 3.39. The average Bonchev–Trinajstić information content (AvgIpc) is 2.75. The maximum atomic E-state index is 11.2. The van der Waals surface area contributed by atoms with Crippen LogP contribution in [0.4, 0.5) is 0 Å². The number of aromatic carboxylic acids is 1. The zero-order valence-electron chi connectivity index (χ0n) is 10.1. The van der Waals surface area contributed by atoms with Gasteiger partial charge in [0.1, 0.15) is 11.3 Å². The zero-order chi connectivity index (χ0) is 13.3. The van der Waals surface area contributed by atoms with E-state index >= 15 is 0 Å². The molecule has 4 nitrogen and oxygen atoms in total. The number of halogens is 1. The van der Waals surface area contributed by atoms with E-state index < -0.39 is 5.97 Å². The number of nitrogens with zero attached hydrogens (tertiary/aromatic N) is 2. The third-order valence-corrected chi connectivity index (χ3v) is 2.86. The first-order valence-corrected chi connectivity index (χ1v) is 5.95. The van der Waals surface area contributed by atoms with Crippen molar-refractivity contribution < 1.29 is 9.90 Å². The Labute approximate surface area is 110 Å². The van der Waals surface area contributed by atoms with Gasteiger partial charge in [-0.05, 0) is 26.0 Å². The summed E-state index contributed by atoms with van der Waals surface area (Å²) in [5, 5.41) is 14.1. The van der Waals surface area contributed by atoms with Gasteiger partial charge in [-0.1, -0.05) is 23.7 Å². The van der Waals surface area contributed by atoms with Gasteiger partial charge in [0.25, 0.3) is 0 Å². The van der Waals surface area contributed by atoms with Crippen molar-refractivity contribution in [3.8, 4) is 11.3 Å². The fourth-order valence-electron chi connectivity index (χ4n) is 1.63. The van der Waals surface area contributed by atoms with Crippen molar-refractivity contribution in [1.29, 1.82) is 0 Å². The first kappa shape index (κ1) is 12.6. The second-order valence-electron chi connectivity index (χ2n) is 4.28. The van der Waals surface area contributed by atoms with Crippen LogP contribution in [0.2, 0.25) is 5.02 Å². The molecule has 0 amide bonds. The first-order chi connectivity index (χ1) is 8.49. The number of aromatic nitrogens is 2. The number of hydrogen-bond acceptors (Lipinski definition) is 2. The lowest BCUT2D eigenvalue weighted by atomic mass is 10.1. The van der Waals surface area contributed by atoms with Crippen molar-refractivity contribution in [3.05, 3.63) is 41.0 Å². The van der Waals surface area contributed by atoms with Crippen molar-refractivity contribution in [1.82, 2.24) is 9.78 Å². The summed E-state index contributed by atoms with van der Waals surface area (Å²) in [4.78, 5) is 11.2. The Bertz CT molecular complexity index is 573. The first-order valence-electron chi connectivity index (χ1n) is 5.57. The third kappa shape index (κ3) is 2.38. The molecule has 0 aliphatic carbocycles. The molecule has 2 rings (SSSR count). The van der Waals surface area contributed by atoms with Crippen LogP contribution in [-0.4, -0.2) is 20.9 Å². The highest BCUT2D eigenvalue weighted by Crippen LogP contribution is 2.25. The molecule has 0 saturated carbocycles. The zero-order valence-corrected chi connectivity index (χ0v) is 10.8. The van der Waals surface area contributed by atoms with Gasteiger partial charge in [0.15, 0.2) is 0 Å². The van der Waals surface area contributed by atoms with E-state index in [9.17, 15) is 9.90 Å². The van der Waals surface area contributed by atoms with Crippen LogP contribution in [0, 0.1) is 0 Å².